The van der Waals surface area contributed by atoms with Gasteiger partial charge in [-0.3, -0.25) is 0 Å². The summed E-state index contributed by atoms with van der Waals surface area (Å²) in [5, 5.41) is 3.44. The van der Waals surface area contributed by atoms with Gasteiger partial charge >= 0.3 is 0 Å². The SMILES string of the molecule is CC1(C2CCCCC2)CS(=O)(=O)CCN1. The molecule has 1 saturated heterocycles. The number of hydrogen-bond acceptors (Lipinski definition) is 3. The minimum atomic E-state index is -2.80. The van der Waals surface area contributed by atoms with Gasteiger partial charge in [0.15, 0.2) is 9.84 Å². The molecule has 1 unspecified atom stereocenters. The van der Waals surface area contributed by atoms with Gasteiger partial charge in [-0.15, -0.1) is 0 Å². The van der Waals surface area contributed by atoms with Crippen LogP contribution in [0.15, 0.2) is 0 Å². The van der Waals surface area contributed by atoms with Crippen LogP contribution in [-0.2, 0) is 9.84 Å². The molecule has 1 N–H and O–H groups in total. The Morgan fingerprint density at radius 1 is 1.20 bits per heavy atom. The standard InChI is InChI=1S/C11H21NO2S/c1-11(10-5-3-2-4-6-10)9-15(13,14)8-7-12-11/h10,12H,2-9H2,1H3. The lowest BCUT2D eigenvalue weighted by Crippen LogP contribution is -2.59. The quantitative estimate of drug-likeness (QED) is 0.741. The molecule has 1 atom stereocenters. The van der Waals surface area contributed by atoms with Crippen LogP contribution in [0.4, 0.5) is 0 Å². The molecule has 0 radical (unpaired) electrons. The van der Waals surface area contributed by atoms with Crippen molar-refractivity contribution in [2.45, 2.75) is 44.6 Å². The minimum absolute atomic E-state index is 0.155. The van der Waals surface area contributed by atoms with Crippen molar-refractivity contribution in [1.29, 1.82) is 0 Å². The Hall–Kier alpha value is -0.0900. The third kappa shape index (κ3) is 2.53. The highest BCUT2D eigenvalue weighted by Gasteiger charge is 2.40. The predicted octanol–water partition coefficient (Wildman–Crippen LogP) is 1.34. The fraction of sp³-hybridized carbons (Fsp3) is 1.00. The van der Waals surface area contributed by atoms with E-state index in [1.807, 2.05) is 0 Å². The zero-order valence-electron chi connectivity index (χ0n) is 9.46. The van der Waals surface area contributed by atoms with Crippen LogP contribution < -0.4 is 5.32 Å². The molecule has 4 heteroatoms. The second-order valence-corrected chi connectivity index (χ2v) is 7.46. The largest absolute Gasteiger partial charge is 0.309 e. The third-order valence-corrected chi connectivity index (χ3v) is 5.83. The maximum absolute atomic E-state index is 11.7. The number of rotatable bonds is 1. The lowest BCUT2D eigenvalue weighted by atomic mass is 9.76. The van der Waals surface area contributed by atoms with Crippen LogP contribution in [-0.4, -0.2) is 32.0 Å². The molecule has 0 aromatic carbocycles. The number of nitrogens with one attached hydrogen (secondary N) is 1. The molecule has 2 rings (SSSR count). The van der Waals surface area contributed by atoms with Gasteiger partial charge in [0.2, 0.25) is 0 Å². The van der Waals surface area contributed by atoms with Crippen LogP contribution in [0.1, 0.15) is 39.0 Å². The Kier molecular flexibility index (Phi) is 3.08. The summed E-state index contributed by atoms with van der Waals surface area (Å²) < 4.78 is 23.3. The molecule has 0 spiro atoms. The smallest absolute Gasteiger partial charge is 0.153 e. The summed E-state index contributed by atoms with van der Waals surface area (Å²) in [6, 6.07) is 0. The maximum atomic E-state index is 11.7. The molecule has 0 aromatic heterocycles. The zero-order valence-corrected chi connectivity index (χ0v) is 10.3. The monoisotopic (exact) mass is 231 g/mol. The second-order valence-electron chi connectivity index (χ2n) is 5.27. The Bertz CT molecular complexity index is 319. The molecule has 88 valence electrons. The van der Waals surface area contributed by atoms with Crippen LogP contribution in [0.3, 0.4) is 0 Å². The summed E-state index contributed by atoms with van der Waals surface area (Å²) in [5.41, 5.74) is -0.155. The molecule has 2 aliphatic rings. The van der Waals surface area contributed by atoms with Gasteiger partial charge in [-0.05, 0) is 25.7 Å². The molecule has 1 aliphatic carbocycles. The summed E-state index contributed by atoms with van der Waals surface area (Å²) in [5.74, 6) is 1.21. The zero-order chi connectivity index (χ0) is 10.9. The maximum Gasteiger partial charge on any atom is 0.153 e. The molecule has 0 aromatic rings. The van der Waals surface area contributed by atoms with Crippen LogP contribution in [0.25, 0.3) is 0 Å². The van der Waals surface area contributed by atoms with E-state index in [9.17, 15) is 8.42 Å². The topological polar surface area (TPSA) is 46.2 Å². The van der Waals surface area contributed by atoms with Crippen molar-refractivity contribution in [3.63, 3.8) is 0 Å². The Labute approximate surface area is 92.6 Å². The van der Waals surface area contributed by atoms with Gasteiger partial charge in [0.1, 0.15) is 0 Å². The van der Waals surface area contributed by atoms with E-state index < -0.39 is 9.84 Å². The highest BCUT2D eigenvalue weighted by Crippen LogP contribution is 2.34. The van der Waals surface area contributed by atoms with Gasteiger partial charge in [0.25, 0.3) is 0 Å². The van der Waals surface area contributed by atoms with E-state index in [4.69, 9.17) is 0 Å². The van der Waals surface area contributed by atoms with E-state index in [0.717, 1.165) is 0 Å². The first-order chi connectivity index (χ1) is 7.02. The molecule has 0 bridgehead atoms. The Balaban J connectivity index is 2.10. The minimum Gasteiger partial charge on any atom is -0.309 e. The van der Waals surface area contributed by atoms with Crippen LogP contribution >= 0.6 is 0 Å². The van der Waals surface area contributed by atoms with E-state index in [-0.39, 0.29) is 5.54 Å². The lowest BCUT2D eigenvalue weighted by Gasteiger charge is -2.43. The van der Waals surface area contributed by atoms with Crippen molar-refractivity contribution in [3.05, 3.63) is 0 Å². The first kappa shape index (κ1) is 11.4. The van der Waals surface area contributed by atoms with Crippen molar-refractivity contribution in [2.24, 2.45) is 5.92 Å². The average molecular weight is 231 g/mol. The summed E-state index contributed by atoms with van der Waals surface area (Å²) in [7, 11) is -2.80. The molecule has 0 amide bonds. The van der Waals surface area contributed by atoms with E-state index in [1.165, 1.54) is 32.1 Å². The predicted molar refractivity (Wildman–Crippen MR) is 61.6 cm³/mol. The lowest BCUT2D eigenvalue weighted by molar-refractivity contribution is 0.195. The fourth-order valence-electron chi connectivity index (χ4n) is 3.07. The van der Waals surface area contributed by atoms with Crippen molar-refractivity contribution < 1.29 is 8.42 Å². The normalized spacial score (nSPS) is 37.7. The summed E-state index contributed by atoms with van der Waals surface area (Å²) in [4.78, 5) is 0. The summed E-state index contributed by atoms with van der Waals surface area (Å²) >= 11 is 0. The van der Waals surface area contributed by atoms with Gasteiger partial charge in [-0.1, -0.05) is 19.3 Å². The van der Waals surface area contributed by atoms with Crippen molar-refractivity contribution >= 4 is 9.84 Å². The highest BCUT2D eigenvalue weighted by molar-refractivity contribution is 7.91. The van der Waals surface area contributed by atoms with Crippen molar-refractivity contribution in [1.82, 2.24) is 5.32 Å². The van der Waals surface area contributed by atoms with E-state index >= 15 is 0 Å². The Morgan fingerprint density at radius 2 is 1.87 bits per heavy atom. The molecule has 1 aliphatic heterocycles. The molecule has 1 saturated carbocycles. The molecular weight excluding hydrogens is 210 g/mol. The van der Waals surface area contributed by atoms with Gasteiger partial charge in [-0.25, -0.2) is 8.42 Å². The van der Waals surface area contributed by atoms with E-state index in [2.05, 4.69) is 12.2 Å². The molecule has 3 nitrogen and oxygen atoms in total. The van der Waals surface area contributed by atoms with Gasteiger partial charge in [0.05, 0.1) is 11.5 Å². The van der Waals surface area contributed by atoms with E-state index in [0.29, 0.717) is 24.0 Å². The van der Waals surface area contributed by atoms with Crippen LogP contribution in [0.5, 0.6) is 0 Å². The van der Waals surface area contributed by atoms with Crippen molar-refractivity contribution in [2.75, 3.05) is 18.1 Å². The average Bonchev–Trinajstić information content (AvgIpc) is 2.17. The fourth-order valence-corrected chi connectivity index (χ4v) is 4.88. The third-order valence-electron chi connectivity index (χ3n) is 3.97. The van der Waals surface area contributed by atoms with Gasteiger partial charge < -0.3 is 5.32 Å². The van der Waals surface area contributed by atoms with Crippen LogP contribution in [0, 0.1) is 5.92 Å². The number of hydrogen-bond donors (Lipinski definition) is 1. The first-order valence-electron chi connectivity index (χ1n) is 5.97. The molecular formula is C11H21NO2S. The van der Waals surface area contributed by atoms with Crippen LogP contribution in [0.2, 0.25) is 0 Å². The molecule has 15 heavy (non-hydrogen) atoms. The van der Waals surface area contributed by atoms with E-state index in [1.54, 1.807) is 0 Å². The second kappa shape index (κ2) is 4.06. The Morgan fingerprint density at radius 3 is 2.47 bits per heavy atom. The highest BCUT2D eigenvalue weighted by atomic mass is 32.2. The molecule has 2 fully saturated rings. The first-order valence-corrected chi connectivity index (χ1v) is 7.79. The van der Waals surface area contributed by atoms with Gasteiger partial charge in [-0.2, -0.15) is 0 Å². The summed E-state index contributed by atoms with van der Waals surface area (Å²) in [6.45, 7) is 2.73. The molecule has 1 heterocycles. The number of sulfone groups is 1. The van der Waals surface area contributed by atoms with Crippen molar-refractivity contribution in [3.8, 4) is 0 Å². The van der Waals surface area contributed by atoms with Gasteiger partial charge in [0, 0.05) is 12.1 Å². The summed E-state index contributed by atoms with van der Waals surface area (Å²) in [6.07, 6.45) is 6.24.